The highest BCUT2D eigenvalue weighted by Gasteiger charge is 2.24. The molecule has 1 amide bonds. The molecule has 0 saturated heterocycles. The van der Waals surface area contributed by atoms with E-state index in [1.165, 1.54) is 0 Å². The summed E-state index contributed by atoms with van der Waals surface area (Å²) in [6.07, 6.45) is 0. The molecule has 0 fully saturated rings. The van der Waals surface area contributed by atoms with Crippen molar-refractivity contribution in [2.75, 3.05) is 0 Å². The van der Waals surface area contributed by atoms with E-state index in [0.29, 0.717) is 11.1 Å². The fourth-order valence-corrected chi connectivity index (χ4v) is 5.11. The second-order valence-corrected chi connectivity index (χ2v) is 8.67. The van der Waals surface area contributed by atoms with Crippen LogP contribution in [0.1, 0.15) is 27.9 Å². The lowest BCUT2D eigenvalue weighted by molar-refractivity contribution is -0.119. The van der Waals surface area contributed by atoms with Crippen LogP contribution in [-0.2, 0) is 21.4 Å². The zero-order valence-electron chi connectivity index (χ0n) is 16.3. The van der Waals surface area contributed by atoms with Gasteiger partial charge in [-0.1, -0.05) is 24.3 Å². The molecular weight excluding hydrogens is 360 g/mol. The third-order valence-corrected chi connectivity index (χ3v) is 6.78. The Hall–Kier alpha value is -2.60. The second kappa shape index (κ2) is 6.85. The van der Waals surface area contributed by atoms with E-state index in [1.807, 2.05) is 61.7 Å². The molecule has 1 heterocycles. The fourth-order valence-electron chi connectivity index (χ4n) is 3.52. The first kappa shape index (κ1) is 19.2. The Morgan fingerprint density at radius 3 is 2.19 bits per heavy atom. The Balaban J connectivity index is 1.93. The van der Waals surface area contributed by atoms with Gasteiger partial charge in [-0.25, -0.2) is 13.1 Å². The van der Waals surface area contributed by atoms with Crippen molar-refractivity contribution in [2.24, 2.45) is 0 Å². The molecule has 3 rings (SSSR count). The van der Waals surface area contributed by atoms with Crippen molar-refractivity contribution in [1.29, 1.82) is 0 Å². The number of aryl methyl sites for hydroxylation is 3. The van der Waals surface area contributed by atoms with E-state index >= 15 is 0 Å². The average molecular weight is 385 g/mol. The molecule has 5 nitrogen and oxygen atoms in total. The van der Waals surface area contributed by atoms with E-state index in [1.54, 1.807) is 13.8 Å². The van der Waals surface area contributed by atoms with Gasteiger partial charge in [-0.15, -0.1) is 0 Å². The molecule has 3 aromatic rings. The zero-order valence-corrected chi connectivity index (χ0v) is 17.1. The number of benzene rings is 2. The van der Waals surface area contributed by atoms with E-state index in [-0.39, 0.29) is 11.4 Å². The van der Waals surface area contributed by atoms with Gasteiger partial charge in [0.1, 0.15) is 6.54 Å². The molecule has 1 aromatic heterocycles. The van der Waals surface area contributed by atoms with Crippen LogP contribution in [0, 0.1) is 34.6 Å². The maximum atomic E-state index is 12.9. The third kappa shape index (κ3) is 3.49. The topological polar surface area (TPSA) is 68.2 Å². The molecule has 0 spiro atoms. The Kier molecular flexibility index (Phi) is 4.86. The molecule has 0 bridgehead atoms. The van der Waals surface area contributed by atoms with Gasteiger partial charge in [0.15, 0.2) is 0 Å². The summed E-state index contributed by atoms with van der Waals surface area (Å²) in [6, 6.07) is 11.7. The summed E-state index contributed by atoms with van der Waals surface area (Å²) in [5, 5.41) is 1.02. The van der Waals surface area contributed by atoms with Gasteiger partial charge in [0.25, 0.3) is 15.9 Å². The molecular formula is C21H24N2O3S. The van der Waals surface area contributed by atoms with Crippen molar-refractivity contribution in [3.8, 4) is 0 Å². The molecule has 0 aliphatic rings. The van der Waals surface area contributed by atoms with Crippen LogP contribution in [0.15, 0.2) is 41.3 Å². The van der Waals surface area contributed by atoms with Gasteiger partial charge in [-0.3, -0.25) is 4.79 Å². The number of para-hydroxylation sites is 1. The van der Waals surface area contributed by atoms with Gasteiger partial charge in [0, 0.05) is 11.2 Å². The number of fused-ring (bicyclic) bond motifs is 1. The largest absolute Gasteiger partial charge is 0.335 e. The van der Waals surface area contributed by atoms with Crippen molar-refractivity contribution in [3.63, 3.8) is 0 Å². The summed E-state index contributed by atoms with van der Waals surface area (Å²) in [5.41, 5.74) is 4.92. The quantitative estimate of drug-likeness (QED) is 0.746. The molecule has 0 aliphatic heterocycles. The molecule has 0 saturated carbocycles. The van der Waals surface area contributed by atoms with Crippen molar-refractivity contribution >= 4 is 26.8 Å². The standard InChI is InChI=1S/C21H24N2O3S/c1-13-10-14(2)17(5)21(16(13)4)27(25,26)22-20(24)12-23-15(3)11-18-8-6-7-9-19(18)23/h6-11H,12H2,1-5H3,(H,22,24). The van der Waals surface area contributed by atoms with Crippen molar-refractivity contribution in [2.45, 2.75) is 46.1 Å². The number of nitrogens with zero attached hydrogens (tertiary/aromatic N) is 1. The summed E-state index contributed by atoms with van der Waals surface area (Å²) >= 11 is 0. The first-order valence-electron chi connectivity index (χ1n) is 8.79. The van der Waals surface area contributed by atoms with E-state index < -0.39 is 15.9 Å². The average Bonchev–Trinajstić information content (AvgIpc) is 2.88. The van der Waals surface area contributed by atoms with E-state index in [4.69, 9.17) is 0 Å². The van der Waals surface area contributed by atoms with Crippen LogP contribution >= 0.6 is 0 Å². The third-order valence-electron chi connectivity index (χ3n) is 5.13. The number of aromatic nitrogens is 1. The lowest BCUT2D eigenvalue weighted by Gasteiger charge is -2.16. The Morgan fingerprint density at radius 1 is 0.963 bits per heavy atom. The van der Waals surface area contributed by atoms with Crippen molar-refractivity contribution in [1.82, 2.24) is 9.29 Å². The van der Waals surface area contributed by atoms with Gasteiger partial charge in [0.05, 0.1) is 4.90 Å². The summed E-state index contributed by atoms with van der Waals surface area (Å²) in [7, 11) is -3.95. The smallest absolute Gasteiger partial charge is 0.264 e. The summed E-state index contributed by atoms with van der Waals surface area (Å²) < 4.78 is 29.9. The minimum atomic E-state index is -3.95. The van der Waals surface area contributed by atoms with Gasteiger partial charge >= 0.3 is 0 Å². The minimum absolute atomic E-state index is 0.0541. The predicted molar refractivity (Wildman–Crippen MR) is 107 cm³/mol. The van der Waals surface area contributed by atoms with Crippen LogP contribution < -0.4 is 4.72 Å². The normalized spacial score (nSPS) is 11.7. The molecule has 1 N–H and O–H groups in total. The number of carbonyl (C=O) groups is 1. The fraction of sp³-hybridized carbons (Fsp3) is 0.286. The number of hydrogen-bond donors (Lipinski definition) is 1. The molecule has 27 heavy (non-hydrogen) atoms. The van der Waals surface area contributed by atoms with Crippen molar-refractivity contribution in [3.05, 3.63) is 64.3 Å². The first-order chi connectivity index (χ1) is 12.6. The van der Waals surface area contributed by atoms with Crippen molar-refractivity contribution < 1.29 is 13.2 Å². The summed E-state index contributed by atoms with van der Waals surface area (Å²) in [6.45, 7) is 9.13. The molecule has 0 atom stereocenters. The van der Waals surface area contributed by atoms with E-state index in [2.05, 4.69) is 4.72 Å². The Morgan fingerprint density at radius 2 is 1.56 bits per heavy atom. The van der Waals surface area contributed by atoms with Crippen LogP contribution in [0.2, 0.25) is 0 Å². The Bertz CT molecular complexity index is 1130. The second-order valence-electron chi connectivity index (χ2n) is 7.05. The molecule has 2 aromatic carbocycles. The van der Waals surface area contributed by atoms with E-state index in [0.717, 1.165) is 27.7 Å². The highest BCUT2D eigenvalue weighted by Crippen LogP contribution is 2.26. The molecule has 0 radical (unpaired) electrons. The molecule has 0 unspecified atom stereocenters. The summed E-state index contributed by atoms with van der Waals surface area (Å²) in [5.74, 6) is -0.558. The minimum Gasteiger partial charge on any atom is -0.335 e. The van der Waals surface area contributed by atoms with Crippen LogP contribution in [0.5, 0.6) is 0 Å². The van der Waals surface area contributed by atoms with Gasteiger partial charge in [-0.2, -0.15) is 0 Å². The number of amides is 1. The molecule has 6 heteroatoms. The number of carbonyl (C=O) groups excluding carboxylic acids is 1. The number of sulfonamides is 1. The lowest BCUT2D eigenvalue weighted by Crippen LogP contribution is -2.34. The maximum Gasteiger partial charge on any atom is 0.264 e. The van der Waals surface area contributed by atoms with Gasteiger partial charge < -0.3 is 4.57 Å². The number of rotatable bonds is 4. The first-order valence-corrected chi connectivity index (χ1v) is 10.3. The number of hydrogen-bond acceptors (Lipinski definition) is 3. The van der Waals surface area contributed by atoms with Crippen LogP contribution in [0.4, 0.5) is 0 Å². The Labute approximate surface area is 160 Å². The highest BCUT2D eigenvalue weighted by molar-refractivity contribution is 7.90. The monoisotopic (exact) mass is 384 g/mol. The molecule has 0 aliphatic carbocycles. The zero-order chi connectivity index (χ0) is 19.9. The van der Waals surface area contributed by atoms with Crippen LogP contribution in [-0.4, -0.2) is 18.9 Å². The van der Waals surface area contributed by atoms with Crippen LogP contribution in [0.3, 0.4) is 0 Å². The van der Waals surface area contributed by atoms with Gasteiger partial charge in [-0.05, 0) is 74.4 Å². The predicted octanol–water partition coefficient (Wildman–Crippen LogP) is 3.69. The van der Waals surface area contributed by atoms with Crippen LogP contribution in [0.25, 0.3) is 10.9 Å². The lowest BCUT2D eigenvalue weighted by atomic mass is 10.0. The van der Waals surface area contributed by atoms with E-state index in [9.17, 15) is 13.2 Å². The summed E-state index contributed by atoms with van der Waals surface area (Å²) in [4.78, 5) is 12.8. The highest BCUT2D eigenvalue weighted by atomic mass is 32.2. The SMILES string of the molecule is Cc1cc(C)c(C)c(S(=O)(=O)NC(=O)Cn2c(C)cc3ccccc32)c1C. The van der Waals surface area contributed by atoms with Gasteiger partial charge in [0.2, 0.25) is 0 Å². The molecule has 142 valence electrons. The number of nitrogens with one attached hydrogen (secondary N) is 1. The maximum absolute atomic E-state index is 12.9.